The first-order chi connectivity index (χ1) is 13.9. The summed E-state index contributed by atoms with van der Waals surface area (Å²) in [5.41, 5.74) is 2.60. The van der Waals surface area contributed by atoms with E-state index in [9.17, 15) is 13.6 Å². The number of benzene rings is 1. The lowest BCUT2D eigenvalue weighted by atomic mass is 10.2. The molecule has 0 atom stereocenters. The van der Waals surface area contributed by atoms with E-state index in [0.717, 1.165) is 5.56 Å². The molecule has 7 nitrogen and oxygen atoms in total. The smallest absolute Gasteiger partial charge is 0.387 e. The lowest BCUT2D eigenvalue weighted by Crippen LogP contribution is -2.39. The molecule has 0 saturated heterocycles. The number of hydrogen-bond acceptors (Lipinski definition) is 5. The molecule has 0 saturated carbocycles. The van der Waals surface area contributed by atoms with E-state index >= 15 is 0 Å². The number of rotatable bonds is 5. The summed E-state index contributed by atoms with van der Waals surface area (Å²) in [5.74, 6) is 0.0997. The Kier molecular flexibility index (Phi) is 5.14. The third-order valence-electron chi connectivity index (χ3n) is 4.55. The van der Waals surface area contributed by atoms with Crippen LogP contribution in [-0.4, -0.2) is 43.5 Å². The number of amides is 1. The van der Waals surface area contributed by atoms with Crippen molar-refractivity contribution in [2.24, 2.45) is 0 Å². The highest BCUT2D eigenvalue weighted by Gasteiger charge is 2.28. The molecule has 1 aliphatic heterocycles. The largest absolute Gasteiger partial charge is 0.435 e. The van der Waals surface area contributed by atoms with E-state index in [0.29, 0.717) is 35.9 Å². The molecule has 0 radical (unpaired) electrons. The predicted octanol–water partition coefficient (Wildman–Crippen LogP) is 3.56. The van der Waals surface area contributed by atoms with E-state index in [1.807, 2.05) is 6.92 Å². The molecule has 0 bridgehead atoms. The SMILES string of the molecule is Cc1cnc(Cl)nc1-c1cn2c(n1)C(=O)N(Cc1cccc(OC(F)F)c1)CC2. The number of aromatic nitrogens is 4. The van der Waals surface area contributed by atoms with Crippen LogP contribution in [0.15, 0.2) is 36.7 Å². The standard InChI is InChI=1S/C19H16ClF2N5O2/c1-11-8-23-18(20)25-15(11)14-10-26-5-6-27(17(28)16(26)24-14)9-12-3-2-4-13(7-12)29-19(21)22/h2-4,7-8,10,19H,5-6,9H2,1H3. The normalized spacial score (nSPS) is 13.7. The fraction of sp³-hybridized carbons (Fsp3) is 0.263. The molecule has 1 aromatic carbocycles. The van der Waals surface area contributed by atoms with Crippen LogP contribution >= 0.6 is 11.6 Å². The van der Waals surface area contributed by atoms with Crippen molar-refractivity contribution in [1.29, 1.82) is 0 Å². The molecule has 150 valence electrons. The van der Waals surface area contributed by atoms with Gasteiger partial charge in [0.15, 0.2) is 5.82 Å². The van der Waals surface area contributed by atoms with Gasteiger partial charge in [0.2, 0.25) is 5.28 Å². The predicted molar refractivity (Wildman–Crippen MR) is 101 cm³/mol. The molecule has 0 spiro atoms. The van der Waals surface area contributed by atoms with Gasteiger partial charge in [-0.25, -0.2) is 15.0 Å². The third-order valence-corrected chi connectivity index (χ3v) is 4.73. The Labute approximate surface area is 169 Å². The minimum atomic E-state index is -2.90. The van der Waals surface area contributed by atoms with Gasteiger partial charge < -0.3 is 14.2 Å². The second-order valence-electron chi connectivity index (χ2n) is 6.57. The Bertz CT molecular complexity index is 1070. The molecule has 10 heteroatoms. The second kappa shape index (κ2) is 7.75. The Morgan fingerprint density at radius 3 is 2.90 bits per heavy atom. The van der Waals surface area contributed by atoms with Crippen LogP contribution in [0.4, 0.5) is 8.78 Å². The lowest BCUT2D eigenvalue weighted by molar-refractivity contribution is -0.0499. The van der Waals surface area contributed by atoms with Crippen LogP contribution in [0.25, 0.3) is 11.4 Å². The quantitative estimate of drug-likeness (QED) is 0.591. The van der Waals surface area contributed by atoms with Crippen molar-refractivity contribution in [2.45, 2.75) is 26.6 Å². The monoisotopic (exact) mass is 419 g/mol. The van der Waals surface area contributed by atoms with Crippen LogP contribution in [0.1, 0.15) is 21.7 Å². The van der Waals surface area contributed by atoms with Crippen molar-refractivity contribution >= 4 is 17.5 Å². The number of aryl methyl sites for hydroxylation is 1. The topological polar surface area (TPSA) is 73.1 Å². The van der Waals surface area contributed by atoms with Crippen LogP contribution in [0.3, 0.4) is 0 Å². The molecule has 0 N–H and O–H groups in total. The molecule has 29 heavy (non-hydrogen) atoms. The molecule has 0 aliphatic carbocycles. The summed E-state index contributed by atoms with van der Waals surface area (Å²) < 4.78 is 31.0. The molecular weight excluding hydrogens is 404 g/mol. The number of imidazole rings is 1. The number of carbonyl (C=O) groups is 1. The molecule has 0 unspecified atom stereocenters. The summed E-state index contributed by atoms with van der Waals surface area (Å²) in [4.78, 5) is 27.1. The molecule has 1 aliphatic rings. The highest BCUT2D eigenvalue weighted by molar-refractivity contribution is 6.28. The highest BCUT2D eigenvalue weighted by atomic mass is 35.5. The van der Waals surface area contributed by atoms with Crippen molar-refractivity contribution in [3.63, 3.8) is 0 Å². The lowest BCUT2D eigenvalue weighted by Gasteiger charge is -2.27. The van der Waals surface area contributed by atoms with Crippen molar-refractivity contribution in [1.82, 2.24) is 24.4 Å². The Balaban J connectivity index is 1.56. The maximum Gasteiger partial charge on any atom is 0.387 e. The maximum atomic E-state index is 12.9. The average molecular weight is 420 g/mol. The van der Waals surface area contributed by atoms with Crippen LogP contribution in [0.2, 0.25) is 5.28 Å². The van der Waals surface area contributed by atoms with Gasteiger partial charge in [-0.1, -0.05) is 12.1 Å². The summed E-state index contributed by atoms with van der Waals surface area (Å²) >= 11 is 5.89. The zero-order chi connectivity index (χ0) is 20.5. The first kappa shape index (κ1) is 19.3. The zero-order valence-corrected chi connectivity index (χ0v) is 16.1. The van der Waals surface area contributed by atoms with Crippen LogP contribution < -0.4 is 4.74 Å². The number of halogens is 3. The minimum absolute atomic E-state index is 0.0573. The van der Waals surface area contributed by atoms with Crippen molar-refractivity contribution in [2.75, 3.05) is 6.54 Å². The van der Waals surface area contributed by atoms with Gasteiger partial charge in [-0.3, -0.25) is 4.79 Å². The van der Waals surface area contributed by atoms with Crippen LogP contribution in [0, 0.1) is 6.92 Å². The van der Waals surface area contributed by atoms with Gasteiger partial charge in [0.25, 0.3) is 5.91 Å². The van der Waals surface area contributed by atoms with Crippen LogP contribution in [0.5, 0.6) is 5.75 Å². The first-order valence-electron chi connectivity index (χ1n) is 8.80. The van der Waals surface area contributed by atoms with E-state index in [1.165, 1.54) is 12.1 Å². The van der Waals surface area contributed by atoms with Gasteiger partial charge in [-0.2, -0.15) is 8.78 Å². The molecule has 3 aromatic rings. The van der Waals surface area contributed by atoms with Gasteiger partial charge in [-0.15, -0.1) is 0 Å². The Morgan fingerprint density at radius 1 is 1.28 bits per heavy atom. The van der Waals surface area contributed by atoms with E-state index in [2.05, 4.69) is 19.7 Å². The zero-order valence-electron chi connectivity index (χ0n) is 15.3. The summed E-state index contributed by atoms with van der Waals surface area (Å²) in [5, 5.41) is 0.107. The minimum Gasteiger partial charge on any atom is -0.435 e. The first-order valence-corrected chi connectivity index (χ1v) is 9.18. The summed E-state index contributed by atoms with van der Waals surface area (Å²) in [6.45, 7) is 0.225. The fourth-order valence-electron chi connectivity index (χ4n) is 3.21. The van der Waals surface area contributed by atoms with Gasteiger partial charge in [0, 0.05) is 32.0 Å². The average Bonchev–Trinajstić information content (AvgIpc) is 3.11. The molecular formula is C19H16ClF2N5O2. The number of hydrogen-bond donors (Lipinski definition) is 0. The van der Waals surface area contributed by atoms with Crippen molar-refractivity contribution in [3.8, 4) is 17.1 Å². The second-order valence-corrected chi connectivity index (χ2v) is 6.90. The van der Waals surface area contributed by atoms with Crippen molar-refractivity contribution in [3.05, 3.63) is 58.9 Å². The van der Waals surface area contributed by atoms with Gasteiger partial charge in [0.05, 0.1) is 5.69 Å². The summed E-state index contributed by atoms with van der Waals surface area (Å²) in [6, 6.07) is 6.31. The Morgan fingerprint density at radius 2 is 2.10 bits per heavy atom. The van der Waals surface area contributed by atoms with Crippen LogP contribution in [-0.2, 0) is 13.1 Å². The highest BCUT2D eigenvalue weighted by Crippen LogP contribution is 2.25. The van der Waals surface area contributed by atoms with E-state index in [1.54, 1.807) is 34.0 Å². The van der Waals surface area contributed by atoms with E-state index in [-0.39, 0.29) is 23.5 Å². The summed E-state index contributed by atoms with van der Waals surface area (Å²) in [6.07, 6.45) is 3.37. The van der Waals surface area contributed by atoms with E-state index in [4.69, 9.17) is 11.6 Å². The molecule has 4 rings (SSSR count). The number of fused-ring (bicyclic) bond motifs is 1. The molecule has 0 fully saturated rings. The molecule has 1 amide bonds. The number of nitrogens with zero attached hydrogens (tertiary/aromatic N) is 5. The fourth-order valence-corrected chi connectivity index (χ4v) is 3.35. The third kappa shape index (κ3) is 4.04. The van der Waals surface area contributed by atoms with Crippen molar-refractivity contribution < 1.29 is 18.3 Å². The summed E-state index contributed by atoms with van der Waals surface area (Å²) in [7, 11) is 0. The number of alkyl halides is 2. The number of carbonyl (C=O) groups excluding carboxylic acids is 1. The van der Waals surface area contributed by atoms with Gasteiger partial charge >= 0.3 is 6.61 Å². The molecule has 3 heterocycles. The maximum absolute atomic E-state index is 12.9. The van der Waals surface area contributed by atoms with Gasteiger partial charge in [-0.05, 0) is 41.8 Å². The van der Waals surface area contributed by atoms with Gasteiger partial charge in [0.1, 0.15) is 11.4 Å². The van der Waals surface area contributed by atoms with E-state index < -0.39 is 6.61 Å². The Hall–Kier alpha value is -3.07. The molecule has 2 aromatic heterocycles. The number of ether oxygens (including phenoxy) is 1.